The van der Waals surface area contributed by atoms with Gasteiger partial charge in [-0.1, -0.05) is 51.8 Å². The second-order valence-electron chi connectivity index (χ2n) is 7.30. The molecule has 0 aromatic heterocycles. The first kappa shape index (κ1) is 16.4. The molecule has 1 aliphatic rings. The molecule has 1 aliphatic carbocycles. The van der Waals surface area contributed by atoms with Crippen molar-refractivity contribution < 1.29 is 4.74 Å². The SMILES string of the molecule is CCOCc1ccccc1NC1CCCCC1C(C)(C)C. The van der Waals surface area contributed by atoms with Crippen molar-refractivity contribution in [3.63, 3.8) is 0 Å². The number of hydrogen-bond donors (Lipinski definition) is 1. The van der Waals surface area contributed by atoms with E-state index in [1.54, 1.807) is 0 Å². The lowest BCUT2D eigenvalue weighted by atomic mass is 9.69. The van der Waals surface area contributed by atoms with Gasteiger partial charge < -0.3 is 10.1 Å². The van der Waals surface area contributed by atoms with E-state index >= 15 is 0 Å². The van der Waals surface area contributed by atoms with Crippen LogP contribution in [-0.4, -0.2) is 12.6 Å². The Bertz CT molecular complexity index is 435. The summed E-state index contributed by atoms with van der Waals surface area (Å²) in [6, 6.07) is 9.17. The number of nitrogens with one attached hydrogen (secondary N) is 1. The van der Waals surface area contributed by atoms with Gasteiger partial charge in [-0.3, -0.25) is 0 Å². The summed E-state index contributed by atoms with van der Waals surface area (Å²) in [7, 11) is 0. The zero-order valence-corrected chi connectivity index (χ0v) is 14.1. The van der Waals surface area contributed by atoms with E-state index in [2.05, 4.69) is 50.4 Å². The summed E-state index contributed by atoms with van der Waals surface area (Å²) in [6.07, 6.45) is 5.35. The number of benzene rings is 1. The summed E-state index contributed by atoms with van der Waals surface area (Å²) in [5.41, 5.74) is 2.90. The van der Waals surface area contributed by atoms with E-state index in [-0.39, 0.29) is 0 Å². The summed E-state index contributed by atoms with van der Waals surface area (Å²) in [5, 5.41) is 3.83. The van der Waals surface area contributed by atoms with Gasteiger partial charge in [-0.05, 0) is 37.2 Å². The van der Waals surface area contributed by atoms with Crippen LogP contribution in [0, 0.1) is 11.3 Å². The van der Waals surface area contributed by atoms with Gasteiger partial charge in [0.15, 0.2) is 0 Å². The number of anilines is 1. The fourth-order valence-corrected chi connectivity index (χ4v) is 3.54. The van der Waals surface area contributed by atoms with Gasteiger partial charge in [0, 0.05) is 23.9 Å². The molecule has 2 rings (SSSR count). The van der Waals surface area contributed by atoms with E-state index in [1.807, 2.05) is 6.92 Å². The fourth-order valence-electron chi connectivity index (χ4n) is 3.54. The largest absolute Gasteiger partial charge is 0.382 e. The lowest BCUT2D eigenvalue weighted by molar-refractivity contribution is 0.134. The molecular weight excluding hydrogens is 258 g/mol. The molecule has 0 heterocycles. The molecule has 118 valence electrons. The maximum Gasteiger partial charge on any atom is 0.0736 e. The molecule has 1 N–H and O–H groups in total. The van der Waals surface area contributed by atoms with Crippen molar-refractivity contribution in [1.82, 2.24) is 0 Å². The molecule has 0 saturated heterocycles. The van der Waals surface area contributed by atoms with Crippen molar-refractivity contribution in [3.05, 3.63) is 29.8 Å². The third kappa shape index (κ3) is 4.47. The van der Waals surface area contributed by atoms with Crippen LogP contribution < -0.4 is 5.32 Å². The Labute approximate surface area is 130 Å². The molecule has 2 unspecified atom stereocenters. The fraction of sp³-hybridized carbons (Fsp3) is 0.684. The molecule has 1 fully saturated rings. The predicted octanol–water partition coefficient (Wildman–Crippen LogP) is 5.24. The predicted molar refractivity (Wildman–Crippen MR) is 90.6 cm³/mol. The van der Waals surface area contributed by atoms with Crippen LogP contribution in [0.3, 0.4) is 0 Å². The van der Waals surface area contributed by atoms with Gasteiger partial charge in [0.25, 0.3) is 0 Å². The van der Waals surface area contributed by atoms with Crippen molar-refractivity contribution in [2.24, 2.45) is 11.3 Å². The average molecular weight is 289 g/mol. The summed E-state index contributed by atoms with van der Waals surface area (Å²) in [4.78, 5) is 0. The van der Waals surface area contributed by atoms with E-state index in [4.69, 9.17) is 4.74 Å². The smallest absolute Gasteiger partial charge is 0.0736 e. The van der Waals surface area contributed by atoms with Crippen LogP contribution in [0.5, 0.6) is 0 Å². The molecule has 1 saturated carbocycles. The van der Waals surface area contributed by atoms with Crippen LogP contribution in [0.25, 0.3) is 0 Å². The zero-order chi connectivity index (χ0) is 15.3. The lowest BCUT2D eigenvalue weighted by Crippen LogP contribution is -2.40. The van der Waals surface area contributed by atoms with Crippen molar-refractivity contribution in [2.75, 3.05) is 11.9 Å². The zero-order valence-electron chi connectivity index (χ0n) is 14.1. The van der Waals surface area contributed by atoms with Gasteiger partial charge in [-0.25, -0.2) is 0 Å². The Kier molecular flexibility index (Phi) is 5.69. The summed E-state index contributed by atoms with van der Waals surface area (Å²) < 4.78 is 5.60. The third-order valence-electron chi connectivity index (χ3n) is 4.70. The highest BCUT2D eigenvalue weighted by Gasteiger charge is 2.34. The maximum atomic E-state index is 5.60. The summed E-state index contributed by atoms with van der Waals surface area (Å²) >= 11 is 0. The molecule has 2 heteroatoms. The maximum absolute atomic E-state index is 5.60. The molecular formula is C19H31NO. The molecule has 1 aromatic carbocycles. The number of rotatable bonds is 5. The third-order valence-corrected chi connectivity index (χ3v) is 4.70. The van der Waals surface area contributed by atoms with Crippen molar-refractivity contribution >= 4 is 5.69 Å². The minimum atomic E-state index is 0.368. The first-order chi connectivity index (χ1) is 10.0. The Morgan fingerprint density at radius 2 is 1.86 bits per heavy atom. The average Bonchev–Trinajstić information content (AvgIpc) is 2.46. The molecule has 0 amide bonds. The highest BCUT2D eigenvalue weighted by Crippen LogP contribution is 2.39. The van der Waals surface area contributed by atoms with E-state index in [0.29, 0.717) is 18.1 Å². The molecule has 0 spiro atoms. The Hall–Kier alpha value is -1.02. The van der Waals surface area contributed by atoms with Gasteiger partial charge >= 0.3 is 0 Å². The van der Waals surface area contributed by atoms with Crippen LogP contribution >= 0.6 is 0 Å². The first-order valence-electron chi connectivity index (χ1n) is 8.44. The van der Waals surface area contributed by atoms with E-state index < -0.39 is 0 Å². The topological polar surface area (TPSA) is 21.3 Å². The van der Waals surface area contributed by atoms with Gasteiger partial charge in [-0.15, -0.1) is 0 Å². The minimum Gasteiger partial charge on any atom is -0.382 e. The number of para-hydroxylation sites is 1. The molecule has 0 radical (unpaired) electrons. The van der Waals surface area contributed by atoms with Gasteiger partial charge in [0.05, 0.1) is 6.61 Å². The van der Waals surface area contributed by atoms with Gasteiger partial charge in [0.1, 0.15) is 0 Å². The van der Waals surface area contributed by atoms with Gasteiger partial charge in [-0.2, -0.15) is 0 Å². The quantitative estimate of drug-likeness (QED) is 0.800. The second-order valence-corrected chi connectivity index (χ2v) is 7.30. The molecule has 2 atom stereocenters. The van der Waals surface area contributed by atoms with E-state index in [9.17, 15) is 0 Å². The molecule has 1 aromatic rings. The minimum absolute atomic E-state index is 0.368. The van der Waals surface area contributed by atoms with E-state index in [1.165, 1.54) is 36.9 Å². The normalized spacial score (nSPS) is 23.0. The molecule has 0 bridgehead atoms. The van der Waals surface area contributed by atoms with Crippen molar-refractivity contribution in [3.8, 4) is 0 Å². The Balaban J connectivity index is 2.12. The lowest BCUT2D eigenvalue weighted by Gasteiger charge is -2.41. The molecule has 21 heavy (non-hydrogen) atoms. The highest BCUT2D eigenvalue weighted by atomic mass is 16.5. The number of hydrogen-bond acceptors (Lipinski definition) is 2. The van der Waals surface area contributed by atoms with Crippen molar-refractivity contribution in [2.45, 2.75) is 66.0 Å². The van der Waals surface area contributed by atoms with Gasteiger partial charge in [0.2, 0.25) is 0 Å². The first-order valence-corrected chi connectivity index (χ1v) is 8.44. The Morgan fingerprint density at radius 3 is 2.57 bits per heavy atom. The van der Waals surface area contributed by atoms with Crippen LogP contribution in [0.1, 0.15) is 58.9 Å². The van der Waals surface area contributed by atoms with Crippen molar-refractivity contribution in [1.29, 1.82) is 0 Å². The second kappa shape index (κ2) is 7.31. The van der Waals surface area contributed by atoms with Crippen LogP contribution in [0.4, 0.5) is 5.69 Å². The van der Waals surface area contributed by atoms with E-state index in [0.717, 1.165) is 12.5 Å². The van der Waals surface area contributed by atoms with Crippen LogP contribution in [0.2, 0.25) is 0 Å². The Morgan fingerprint density at radius 1 is 1.14 bits per heavy atom. The summed E-state index contributed by atoms with van der Waals surface area (Å²) in [5.74, 6) is 0.742. The standard InChI is InChI=1S/C19H31NO/c1-5-21-14-15-10-6-8-12-17(15)20-18-13-9-7-11-16(18)19(2,3)4/h6,8,10,12,16,18,20H,5,7,9,11,13-14H2,1-4H3. The molecule has 0 aliphatic heterocycles. The summed E-state index contributed by atoms with van der Waals surface area (Å²) in [6.45, 7) is 10.7. The number of ether oxygens (including phenoxy) is 1. The monoisotopic (exact) mass is 289 g/mol. The molecule has 2 nitrogen and oxygen atoms in total. The van der Waals surface area contributed by atoms with Crippen LogP contribution in [-0.2, 0) is 11.3 Å². The highest BCUT2D eigenvalue weighted by molar-refractivity contribution is 5.51. The van der Waals surface area contributed by atoms with Crippen LogP contribution in [0.15, 0.2) is 24.3 Å².